The van der Waals surface area contributed by atoms with E-state index in [1.54, 1.807) is 0 Å². The van der Waals surface area contributed by atoms with E-state index in [2.05, 4.69) is 17.0 Å². The molecule has 2 heteroatoms. The maximum atomic E-state index is 10.1. The summed E-state index contributed by atoms with van der Waals surface area (Å²) >= 11 is 0. The fourth-order valence-corrected chi connectivity index (χ4v) is 4.38. The molecule has 1 aliphatic carbocycles. The van der Waals surface area contributed by atoms with Crippen LogP contribution in [-0.2, 0) is 0 Å². The molecule has 0 atom stereocenters. The number of nitrogens with zero attached hydrogens (tertiary/aromatic N) is 1. The summed E-state index contributed by atoms with van der Waals surface area (Å²) in [6.07, 6.45) is 13.8. The molecule has 0 radical (unpaired) electrons. The predicted molar refractivity (Wildman–Crippen MR) is 92.4 cm³/mol. The van der Waals surface area contributed by atoms with Gasteiger partial charge in [0.25, 0.3) is 0 Å². The van der Waals surface area contributed by atoms with Gasteiger partial charge in [-0.1, -0.05) is 56.7 Å². The largest absolute Gasteiger partial charge is 0.508 e. The lowest BCUT2D eigenvalue weighted by molar-refractivity contribution is 0.134. The van der Waals surface area contributed by atoms with Gasteiger partial charge in [0.05, 0.1) is 0 Å². The Labute approximate surface area is 135 Å². The van der Waals surface area contributed by atoms with Gasteiger partial charge in [-0.25, -0.2) is 0 Å². The summed E-state index contributed by atoms with van der Waals surface area (Å²) in [4.78, 5) is 2.75. The van der Waals surface area contributed by atoms with Crippen molar-refractivity contribution in [2.45, 2.75) is 76.2 Å². The maximum absolute atomic E-state index is 10.1. The third-order valence-corrected chi connectivity index (χ3v) is 5.75. The highest BCUT2D eigenvalue weighted by Crippen LogP contribution is 2.35. The topological polar surface area (TPSA) is 23.5 Å². The van der Waals surface area contributed by atoms with Crippen LogP contribution in [0.4, 0.5) is 0 Å². The van der Waals surface area contributed by atoms with Gasteiger partial charge in [-0.05, 0) is 56.3 Å². The number of piperidine rings is 1. The van der Waals surface area contributed by atoms with Gasteiger partial charge < -0.3 is 10.0 Å². The monoisotopic (exact) mass is 301 g/mol. The second-order valence-corrected chi connectivity index (χ2v) is 7.22. The van der Waals surface area contributed by atoms with Gasteiger partial charge in [0.2, 0.25) is 0 Å². The van der Waals surface area contributed by atoms with Crippen molar-refractivity contribution >= 4 is 0 Å². The second-order valence-electron chi connectivity index (χ2n) is 7.22. The van der Waals surface area contributed by atoms with Gasteiger partial charge in [-0.3, -0.25) is 0 Å². The zero-order chi connectivity index (χ0) is 15.2. The minimum atomic E-state index is 0.489. The number of hydrogen-bond acceptors (Lipinski definition) is 2. The molecule has 3 rings (SSSR count). The lowest BCUT2D eigenvalue weighted by Gasteiger charge is -2.38. The number of aromatic hydroxyl groups is 1. The molecular formula is C20H31NO. The minimum absolute atomic E-state index is 0.489. The Morgan fingerprint density at radius 2 is 1.36 bits per heavy atom. The molecule has 22 heavy (non-hydrogen) atoms. The highest BCUT2D eigenvalue weighted by Gasteiger charge is 2.26. The standard InChI is InChI=1S/C20H31NO/c22-20-12-8-7-11-19(20)17-13-15-21(16-14-17)18-9-5-3-1-2-4-6-10-18/h7-8,11-12,17-18,22H,1-6,9-10,13-16H2. The van der Waals surface area contributed by atoms with Crippen molar-refractivity contribution in [3.8, 4) is 5.75 Å². The molecule has 0 aromatic heterocycles. The molecule has 0 spiro atoms. The fourth-order valence-electron chi connectivity index (χ4n) is 4.38. The molecule has 1 aromatic rings. The van der Waals surface area contributed by atoms with E-state index in [4.69, 9.17) is 0 Å². The first-order valence-corrected chi connectivity index (χ1v) is 9.36. The molecule has 0 unspecified atom stereocenters. The summed E-state index contributed by atoms with van der Waals surface area (Å²) < 4.78 is 0. The number of phenols is 1. The summed E-state index contributed by atoms with van der Waals surface area (Å²) in [6, 6.07) is 8.74. The number of phenolic OH excluding ortho intramolecular Hbond substituents is 1. The molecular weight excluding hydrogens is 270 g/mol. The molecule has 2 aliphatic rings. The lowest BCUT2D eigenvalue weighted by atomic mass is 9.87. The van der Waals surface area contributed by atoms with Crippen molar-refractivity contribution in [1.82, 2.24) is 4.90 Å². The molecule has 1 saturated carbocycles. The Morgan fingerprint density at radius 1 is 0.773 bits per heavy atom. The molecule has 2 fully saturated rings. The quantitative estimate of drug-likeness (QED) is 0.824. The molecule has 1 aromatic carbocycles. The van der Waals surface area contributed by atoms with Crippen molar-refractivity contribution in [2.75, 3.05) is 13.1 Å². The van der Waals surface area contributed by atoms with Gasteiger partial charge in [-0.2, -0.15) is 0 Å². The first-order chi connectivity index (χ1) is 10.8. The first-order valence-electron chi connectivity index (χ1n) is 9.36. The van der Waals surface area contributed by atoms with E-state index in [0.29, 0.717) is 11.7 Å². The summed E-state index contributed by atoms with van der Waals surface area (Å²) in [5.74, 6) is 1.04. The van der Waals surface area contributed by atoms with Crippen molar-refractivity contribution < 1.29 is 5.11 Å². The van der Waals surface area contributed by atoms with Crippen LogP contribution in [0.3, 0.4) is 0 Å². The van der Waals surface area contributed by atoms with Crippen LogP contribution in [0.2, 0.25) is 0 Å². The van der Waals surface area contributed by atoms with E-state index in [0.717, 1.165) is 11.6 Å². The van der Waals surface area contributed by atoms with Crippen molar-refractivity contribution in [2.24, 2.45) is 0 Å². The van der Waals surface area contributed by atoms with Gasteiger partial charge >= 0.3 is 0 Å². The Balaban J connectivity index is 1.55. The van der Waals surface area contributed by atoms with Gasteiger partial charge in [-0.15, -0.1) is 0 Å². The number of rotatable bonds is 2. The van der Waals surface area contributed by atoms with Crippen LogP contribution < -0.4 is 0 Å². The third kappa shape index (κ3) is 4.04. The van der Waals surface area contributed by atoms with Crippen LogP contribution in [0.15, 0.2) is 24.3 Å². The first kappa shape index (κ1) is 15.9. The van der Waals surface area contributed by atoms with Crippen LogP contribution in [0, 0.1) is 0 Å². The number of likely N-dealkylation sites (tertiary alicyclic amines) is 1. The van der Waals surface area contributed by atoms with E-state index < -0.39 is 0 Å². The molecule has 1 saturated heterocycles. The molecule has 0 amide bonds. The Bertz CT molecular complexity index is 441. The van der Waals surface area contributed by atoms with E-state index in [1.165, 1.54) is 77.3 Å². The average molecular weight is 301 g/mol. The van der Waals surface area contributed by atoms with Crippen LogP contribution in [0.5, 0.6) is 5.75 Å². The number of para-hydroxylation sites is 1. The lowest BCUT2D eigenvalue weighted by Crippen LogP contribution is -2.41. The average Bonchev–Trinajstić information content (AvgIpc) is 2.69. The van der Waals surface area contributed by atoms with Gasteiger partial charge in [0.1, 0.15) is 5.75 Å². The van der Waals surface area contributed by atoms with Gasteiger partial charge in [0.15, 0.2) is 0 Å². The fraction of sp³-hybridized carbons (Fsp3) is 0.700. The van der Waals surface area contributed by atoms with Crippen LogP contribution in [-0.4, -0.2) is 29.1 Å². The predicted octanol–water partition coefficient (Wildman–Crippen LogP) is 5.07. The number of hydrogen-bond donors (Lipinski definition) is 1. The van der Waals surface area contributed by atoms with Gasteiger partial charge in [0, 0.05) is 6.04 Å². The summed E-state index contributed by atoms with van der Waals surface area (Å²) in [5.41, 5.74) is 1.16. The molecule has 1 N–H and O–H groups in total. The van der Waals surface area contributed by atoms with Crippen molar-refractivity contribution in [3.63, 3.8) is 0 Å². The number of benzene rings is 1. The minimum Gasteiger partial charge on any atom is -0.508 e. The summed E-state index contributed by atoms with van der Waals surface area (Å²) in [5, 5.41) is 10.1. The Morgan fingerprint density at radius 3 is 2.00 bits per heavy atom. The van der Waals surface area contributed by atoms with Crippen LogP contribution in [0.1, 0.15) is 75.7 Å². The van der Waals surface area contributed by atoms with Crippen molar-refractivity contribution in [3.05, 3.63) is 29.8 Å². The van der Waals surface area contributed by atoms with Crippen molar-refractivity contribution in [1.29, 1.82) is 0 Å². The highest BCUT2D eigenvalue weighted by molar-refractivity contribution is 5.35. The molecule has 0 bridgehead atoms. The highest BCUT2D eigenvalue weighted by atomic mass is 16.3. The molecule has 2 nitrogen and oxygen atoms in total. The van der Waals surface area contributed by atoms with E-state index in [9.17, 15) is 5.11 Å². The maximum Gasteiger partial charge on any atom is 0.119 e. The zero-order valence-corrected chi connectivity index (χ0v) is 13.8. The molecule has 1 heterocycles. The van der Waals surface area contributed by atoms with E-state index in [-0.39, 0.29) is 0 Å². The zero-order valence-electron chi connectivity index (χ0n) is 13.8. The summed E-state index contributed by atoms with van der Waals surface area (Å²) in [7, 11) is 0. The molecule has 122 valence electrons. The van der Waals surface area contributed by atoms with E-state index >= 15 is 0 Å². The second kappa shape index (κ2) is 8.01. The smallest absolute Gasteiger partial charge is 0.119 e. The Hall–Kier alpha value is -1.02. The van der Waals surface area contributed by atoms with E-state index in [1.807, 2.05) is 12.1 Å². The third-order valence-electron chi connectivity index (χ3n) is 5.75. The SMILES string of the molecule is Oc1ccccc1C1CCN(C2CCCCCCCC2)CC1. The Kier molecular flexibility index (Phi) is 5.77. The van der Waals surface area contributed by atoms with Crippen LogP contribution >= 0.6 is 0 Å². The molecule has 1 aliphatic heterocycles. The van der Waals surface area contributed by atoms with Crippen LogP contribution in [0.25, 0.3) is 0 Å². The summed E-state index contributed by atoms with van der Waals surface area (Å²) in [6.45, 7) is 2.42. The normalized spacial score (nSPS) is 23.6.